The Bertz CT molecular complexity index is 1430. The molecule has 0 saturated heterocycles. The molecule has 2 heterocycles. The Kier molecular flexibility index (Phi) is 6.13. The lowest BCUT2D eigenvalue weighted by Crippen LogP contribution is -2.14. The molecule has 4 rings (SSSR count). The van der Waals surface area contributed by atoms with Crippen LogP contribution >= 0.6 is 15.9 Å². The molecule has 7 nitrogen and oxygen atoms in total. The lowest BCUT2D eigenvalue weighted by atomic mass is 9.96. The van der Waals surface area contributed by atoms with E-state index in [-0.39, 0.29) is 17.3 Å². The summed E-state index contributed by atoms with van der Waals surface area (Å²) in [6, 6.07) is 8.38. The summed E-state index contributed by atoms with van der Waals surface area (Å²) in [5, 5.41) is 3.11. The van der Waals surface area contributed by atoms with Crippen molar-refractivity contribution in [3.05, 3.63) is 70.0 Å². The zero-order chi connectivity index (χ0) is 24.6. The fourth-order valence-electron chi connectivity index (χ4n) is 3.45. The van der Waals surface area contributed by atoms with Gasteiger partial charge >= 0.3 is 6.18 Å². The normalized spacial score (nSPS) is 11.5. The topological polar surface area (TPSA) is 103 Å². The predicted octanol–water partition coefficient (Wildman–Crippen LogP) is 5.62. The van der Waals surface area contributed by atoms with Crippen molar-refractivity contribution < 1.29 is 22.7 Å². The Morgan fingerprint density at radius 2 is 1.88 bits per heavy atom. The summed E-state index contributed by atoms with van der Waals surface area (Å²) < 4.78 is 45.1. The summed E-state index contributed by atoms with van der Waals surface area (Å²) in [6.07, 6.45) is -1.98. The highest BCUT2D eigenvalue weighted by atomic mass is 79.9. The predicted molar refractivity (Wildman–Crippen MR) is 126 cm³/mol. The van der Waals surface area contributed by atoms with Crippen LogP contribution in [-0.2, 0) is 6.18 Å². The minimum Gasteiger partial charge on any atom is -0.495 e. The van der Waals surface area contributed by atoms with Crippen molar-refractivity contribution in [3.8, 4) is 16.9 Å². The van der Waals surface area contributed by atoms with E-state index in [1.807, 2.05) is 13.0 Å². The van der Waals surface area contributed by atoms with Gasteiger partial charge in [0.25, 0.3) is 5.91 Å². The molecule has 0 atom stereocenters. The average Bonchev–Trinajstić information content (AvgIpc) is 2.79. The van der Waals surface area contributed by atoms with Crippen LogP contribution in [0.2, 0.25) is 0 Å². The van der Waals surface area contributed by atoms with Gasteiger partial charge in [-0.3, -0.25) is 4.79 Å². The Morgan fingerprint density at radius 3 is 2.59 bits per heavy atom. The van der Waals surface area contributed by atoms with Crippen LogP contribution in [0.5, 0.6) is 5.75 Å². The smallest absolute Gasteiger partial charge is 0.416 e. The zero-order valence-electron chi connectivity index (χ0n) is 17.9. The number of nitrogens with zero attached hydrogens (tertiary/aromatic N) is 3. The van der Waals surface area contributed by atoms with Gasteiger partial charge in [0, 0.05) is 28.9 Å². The summed E-state index contributed by atoms with van der Waals surface area (Å²) >= 11 is 3.51. The number of alkyl halides is 3. The van der Waals surface area contributed by atoms with Gasteiger partial charge in [-0.25, -0.2) is 15.0 Å². The number of nitrogen functional groups attached to an aromatic ring is 1. The van der Waals surface area contributed by atoms with E-state index in [9.17, 15) is 18.0 Å². The van der Waals surface area contributed by atoms with E-state index in [0.29, 0.717) is 32.3 Å². The molecule has 0 bridgehead atoms. The first-order valence-corrected chi connectivity index (χ1v) is 10.6. The van der Waals surface area contributed by atoms with Crippen LogP contribution in [0.1, 0.15) is 21.5 Å². The van der Waals surface area contributed by atoms with E-state index in [2.05, 4.69) is 36.2 Å². The molecular weight excluding hydrogens is 515 g/mol. The number of amides is 1. The number of pyridine rings is 1. The molecule has 174 valence electrons. The minimum atomic E-state index is -4.55. The average molecular weight is 532 g/mol. The fourth-order valence-corrected chi connectivity index (χ4v) is 4.14. The maximum absolute atomic E-state index is 13.0. The molecule has 4 aromatic rings. The number of halogens is 4. The number of fused-ring (bicyclic) bond motifs is 1. The highest BCUT2D eigenvalue weighted by Crippen LogP contribution is 2.42. The van der Waals surface area contributed by atoms with Crippen molar-refractivity contribution in [2.75, 3.05) is 18.2 Å². The van der Waals surface area contributed by atoms with Crippen LogP contribution in [0.3, 0.4) is 0 Å². The summed E-state index contributed by atoms with van der Waals surface area (Å²) in [7, 11) is 1.51. The Hall–Kier alpha value is -3.73. The number of carbonyl (C=O) groups excluding carboxylic acids is 1. The highest BCUT2D eigenvalue weighted by Gasteiger charge is 2.31. The van der Waals surface area contributed by atoms with Crippen LogP contribution in [0.25, 0.3) is 22.0 Å². The van der Waals surface area contributed by atoms with Crippen molar-refractivity contribution in [2.45, 2.75) is 13.1 Å². The molecule has 0 fully saturated rings. The van der Waals surface area contributed by atoms with Crippen LogP contribution in [-0.4, -0.2) is 28.0 Å². The molecule has 0 spiro atoms. The number of nitrogens with one attached hydrogen (secondary N) is 1. The third-order valence-corrected chi connectivity index (χ3v) is 5.85. The Balaban J connectivity index is 1.75. The molecular formula is C23H17BrF3N5O2. The number of rotatable bonds is 4. The molecule has 2 aromatic heterocycles. The Morgan fingerprint density at radius 1 is 1.12 bits per heavy atom. The van der Waals surface area contributed by atoms with Crippen LogP contribution in [0.4, 0.5) is 24.9 Å². The first kappa shape index (κ1) is 23.4. The molecule has 3 N–H and O–H groups in total. The Labute approximate surface area is 200 Å². The van der Waals surface area contributed by atoms with E-state index >= 15 is 0 Å². The summed E-state index contributed by atoms with van der Waals surface area (Å²) in [5.74, 6) is -0.224. The quantitative estimate of drug-likeness (QED) is 0.354. The maximum atomic E-state index is 13.0. The van der Waals surface area contributed by atoms with E-state index < -0.39 is 17.6 Å². The van der Waals surface area contributed by atoms with Crippen molar-refractivity contribution in [2.24, 2.45) is 0 Å². The second kappa shape index (κ2) is 8.90. The number of anilines is 2. The van der Waals surface area contributed by atoms with Gasteiger partial charge in [-0.2, -0.15) is 13.2 Å². The minimum absolute atomic E-state index is 0.112. The van der Waals surface area contributed by atoms with E-state index in [1.54, 1.807) is 24.4 Å². The molecule has 0 aliphatic rings. The second-order valence-electron chi connectivity index (χ2n) is 7.35. The largest absolute Gasteiger partial charge is 0.495 e. The standard InChI is InChI=1S/C23H17BrF3N5O2/c1-11-3-4-12(21(33)31-17-9-14(5-6-29-17)23(25,26)27)7-15(11)16-8-13-10-30-22(28)32-19(13)18(24)20(16)34-2/h3-10H,1-2H3,(H2,28,30,32)(H,29,31,33). The first-order valence-electron chi connectivity index (χ1n) is 9.83. The lowest BCUT2D eigenvalue weighted by Gasteiger charge is -2.16. The van der Waals surface area contributed by atoms with E-state index in [1.165, 1.54) is 7.11 Å². The van der Waals surface area contributed by atoms with Gasteiger partial charge in [0.15, 0.2) is 0 Å². The first-order chi connectivity index (χ1) is 16.1. The maximum Gasteiger partial charge on any atom is 0.416 e. The lowest BCUT2D eigenvalue weighted by molar-refractivity contribution is -0.137. The number of hydrogen-bond donors (Lipinski definition) is 2. The third kappa shape index (κ3) is 4.51. The van der Waals surface area contributed by atoms with Gasteiger partial charge in [0.2, 0.25) is 5.95 Å². The number of benzene rings is 2. The molecule has 2 aromatic carbocycles. The van der Waals surface area contributed by atoms with Crippen LogP contribution in [0, 0.1) is 6.92 Å². The zero-order valence-corrected chi connectivity index (χ0v) is 19.5. The number of aryl methyl sites for hydroxylation is 1. The van der Waals surface area contributed by atoms with E-state index in [0.717, 1.165) is 23.9 Å². The highest BCUT2D eigenvalue weighted by molar-refractivity contribution is 9.10. The van der Waals surface area contributed by atoms with Crippen molar-refractivity contribution in [1.82, 2.24) is 15.0 Å². The van der Waals surface area contributed by atoms with Gasteiger partial charge < -0.3 is 15.8 Å². The number of carbonyl (C=O) groups is 1. The number of hydrogen-bond acceptors (Lipinski definition) is 6. The molecule has 0 unspecified atom stereocenters. The molecule has 0 aliphatic carbocycles. The summed E-state index contributed by atoms with van der Waals surface area (Å²) in [4.78, 5) is 24.9. The van der Waals surface area contributed by atoms with Crippen LogP contribution < -0.4 is 15.8 Å². The van der Waals surface area contributed by atoms with Gasteiger partial charge in [-0.1, -0.05) is 6.07 Å². The van der Waals surface area contributed by atoms with Crippen molar-refractivity contribution >= 4 is 44.5 Å². The number of aromatic nitrogens is 3. The van der Waals surface area contributed by atoms with Gasteiger partial charge in [0.05, 0.1) is 22.7 Å². The van der Waals surface area contributed by atoms with Crippen molar-refractivity contribution in [1.29, 1.82) is 0 Å². The summed E-state index contributed by atoms with van der Waals surface area (Å²) in [5.41, 5.74) is 7.79. The third-order valence-electron chi connectivity index (χ3n) is 5.11. The number of nitrogens with two attached hydrogens (primary N) is 1. The molecule has 1 amide bonds. The second-order valence-corrected chi connectivity index (χ2v) is 8.14. The summed E-state index contributed by atoms with van der Waals surface area (Å²) in [6.45, 7) is 1.86. The van der Waals surface area contributed by atoms with Gasteiger partial charge in [0.1, 0.15) is 11.6 Å². The monoisotopic (exact) mass is 531 g/mol. The van der Waals surface area contributed by atoms with Crippen LogP contribution in [0.15, 0.2) is 53.3 Å². The molecule has 0 aliphatic heterocycles. The fraction of sp³-hybridized carbons (Fsp3) is 0.130. The molecule has 0 saturated carbocycles. The van der Waals surface area contributed by atoms with E-state index in [4.69, 9.17) is 10.5 Å². The number of ether oxygens (including phenoxy) is 1. The SMILES string of the molecule is COc1c(-c2cc(C(=O)Nc3cc(C(F)(F)F)ccn3)ccc2C)cc2cnc(N)nc2c1Br. The number of methoxy groups -OCH3 is 1. The van der Waals surface area contributed by atoms with Gasteiger partial charge in [-0.15, -0.1) is 0 Å². The van der Waals surface area contributed by atoms with Gasteiger partial charge in [-0.05, 0) is 64.3 Å². The molecule has 11 heteroatoms. The molecule has 34 heavy (non-hydrogen) atoms. The molecule has 0 radical (unpaired) electrons. The van der Waals surface area contributed by atoms with Crippen molar-refractivity contribution in [3.63, 3.8) is 0 Å².